The molecule has 2 nitrogen and oxygen atoms in total. The number of nitrogens with one attached hydrogen (secondary N) is 1. The fourth-order valence-corrected chi connectivity index (χ4v) is 2.86. The summed E-state index contributed by atoms with van der Waals surface area (Å²) in [6.45, 7) is 3.04. The van der Waals surface area contributed by atoms with Crippen molar-refractivity contribution in [2.24, 2.45) is 0 Å². The first-order valence-electron chi connectivity index (χ1n) is 5.84. The van der Waals surface area contributed by atoms with Gasteiger partial charge in [-0.1, -0.05) is 24.3 Å². The molecule has 0 saturated carbocycles. The molecule has 1 aromatic carbocycles. The van der Waals surface area contributed by atoms with Gasteiger partial charge in [-0.3, -0.25) is 0 Å². The van der Waals surface area contributed by atoms with Crippen molar-refractivity contribution in [2.75, 3.05) is 19.7 Å². The molecular weight excluding hydrogens is 222 g/mol. The number of halogens is 1. The van der Waals surface area contributed by atoms with Gasteiger partial charge in [-0.2, -0.15) is 0 Å². The summed E-state index contributed by atoms with van der Waals surface area (Å²) in [5.74, 6) is 0. The molecule has 1 saturated heterocycles. The molecule has 1 N–H and O–H groups in total. The predicted octanol–water partition coefficient (Wildman–Crippen LogP) is 2.26. The highest BCUT2D eigenvalue weighted by atomic mass is 35.5. The standard InChI is InChI=1S/C13H17NO.ClH/c1-2-4-12-11(3-1)5-10-15-13(12)6-8-14-9-7-13;/h1-4,14H,5-10H2;1H. The third-order valence-corrected chi connectivity index (χ3v) is 3.67. The van der Waals surface area contributed by atoms with Crippen LogP contribution in [0.25, 0.3) is 0 Å². The van der Waals surface area contributed by atoms with Gasteiger partial charge in [-0.05, 0) is 43.5 Å². The van der Waals surface area contributed by atoms with Gasteiger partial charge in [0.1, 0.15) is 0 Å². The van der Waals surface area contributed by atoms with Gasteiger partial charge in [0.15, 0.2) is 0 Å². The lowest BCUT2D eigenvalue weighted by Gasteiger charge is -2.42. The first-order valence-corrected chi connectivity index (χ1v) is 5.84. The number of piperidine rings is 1. The van der Waals surface area contributed by atoms with E-state index in [4.69, 9.17) is 4.74 Å². The quantitative estimate of drug-likeness (QED) is 0.750. The Morgan fingerprint density at radius 1 is 1.12 bits per heavy atom. The molecule has 3 rings (SSSR count). The van der Waals surface area contributed by atoms with E-state index in [9.17, 15) is 0 Å². The van der Waals surface area contributed by atoms with E-state index in [1.807, 2.05) is 0 Å². The molecule has 0 aromatic heterocycles. The van der Waals surface area contributed by atoms with Gasteiger partial charge in [0, 0.05) is 0 Å². The number of hydrogen-bond donors (Lipinski definition) is 1. The molecule has 2 aliphatic heterocycles. The van der Waals surface area contributed by atoms with Crippen molar-refractivity contribution in [3.63, 3.8) is 0 Å². The Balaban J connectivity index is 0.000000963. The van der Waals surface area contributed by atoms with E-state index in [-0.39, 0.29) is 18.0 Å². The molecule has 1 fully saturated rings. The largest absolute Gasteiger partial charge is 0.370 e. The molecule has 1 aromatic rings. The van der Waals surface area contributed by atoms with E-state index in [1.165, 1.54) is 11.1 Å². The zero-order chi connectivity index (χ0) is 10.1. The highest BCUT2D eigenvalue weighted by molar-refractivity contribution is 5.85. The fraction of sp³-hybridized carbons (Fsp3) is 0.538. The maximum absolute atomic E-state index is 6.09. The van der Waals surface area contributed by atoms with Crippen LogP contribution in [0.3, 0.4) is 0 Å². The summed E-state index contributed by atoms with van der Waals surface area (Å²) < 4.78 is 6.09. The zero-order valence-corrected chi connectivity index (χ0v) is 10.2. The third kappa shape index (κ3) is 1.86. The summed E-state index contributed by atoms with van der Waals surface area (Å²) in [4.78, 5) is 0. The molecule has 2 heterocycles. The van der Waals surface area contributed by atoms with Crippen molar-refractivity contribution in [2.45, 2.75) is 24.9 Å². The second kappa shape index (κ2) is 4.74. The van der Waals surface area contributed by atoms with Gasteiger partial charge in [-0.15, -0.1) is 12.4 Å². The molecule has 0 amide bonds. The number of ether oxygens (including phenoxy) is 1. The van der Waals surface area contributed by atoms with E-state index in [0.717, 1.165) is 39.0 Å². The molecule has 0 atom stereocenters. The lowest BCUT2D eigenvalue weighted by molar-refractivity contribution is -0.0802. The van der Waals surface area contributed by atoms with Gasteiger partial charge in [0.25, 0.3) is 0 Å². The molecule has 1 spiro atoms. The summed E-state index contributed by atoms with van der Waals surface area (Å²) in [6.07, 6.45) is 3.30. The summed E-state index contributed by atoms with van der Waals surface area (Å²) in [7, 11) is 0. The predicted molar refractivity (Wildman–Crippen MR) is 67.1 cm³/mol. The lowest BCUT2D eigenvalue weighted by Crippen LogP contribution is -2.44. The summed E-state index contributed by atoms with van der Waals surface area (Å²) in [6, 6.07) is 8.78. The van der Waals surface area contributed by atoms with E-state index >= 15 is 0 Å². The van der Waals surface area contributed by atoms with Crippen LogP contribution in [0, 0.1) is 0 Å². The Morgan fingerprint density at radius 3 is 2.69 bits per heavy atom. The van der Waals surface area contributed by atoms with E-state index < -0.39 is 0 Å². The summed E-state index contributed by atoms with van der Waals surface area (Å²) in [5.41, 5.74) is 2.96. The van der Waals surface area contributed by atoms with Crippen molar-refractivity contribution in [3.8, 4) is 0 Å². The Hall–Kier alpha value is -0.570. The van der Waals surface area contributed by atoms with Gasteiger partial charge >= 0.3 is 0 Å². The highest BCUT2D eigenvalue weighted by Crippen LogP contribution is 2.39. The average molecular weight is 240 g/mol. The van der Waals surface area contributed by atoms with Crippen molar-refractivity contribution in [3.05, 3.63) is 35.4 Å². The first kappa shape index (κ1) is 11.9. The van der Waals surface area contributed by atoms with Crippen LogP contribution < -0.4 is 5.32 Å². The number of benzene rings is 1. The Morgan fingerprint density at radius 2 is 1.88 bits per heavy atom. The Labute approximate surface area is 103 Å². The monoisotopic (exact) mass is 239 g/mol. The molecular formula is C13H18ClNO. The Bertz CT molecular complexity index is 361. The van der Waals surface area contributed by atoms with E-state index in [2.05, 4.69) is 29.6 Å². The Kier molecular flexibility index (Phi) is 3.53. The van der Waals surface area contributed by atoms with Crippen LogP contribution in [0.4, 0.5) is 0 Å². The second-order valence-corrected chi connectivity index (χ2v) is 4.50. The van der Waals surface area contributed by atoms with Crippen molar-refractivity contribution in [1.82, 2.24) is 5.32 Å². The maximum atomic E-state index is 6.09. The normalized spacial score (nSPS) is 22.2. The van der Waals surface area contributed by atoms with Gasteiger partial charge in [-0.25, -0.2) is 0 Å². The van der Waals surface area contributed by atoms with Crippen LogP contribution in [-0.2, 0) is 16.8 Å². The first-order chi connectivity index (χ1) is 7.41. The van der Waals surface area contributed by atoms with Crippen molar-refractivity contribution in [1.29, 1.82) is 0 Å². The number of hydrogen-bond acceptors (Lipinski definition) is 2. The molecule has 16 heavy (non-hydrogen) atoms. The van der Waals surface area contributed by atoms with Crippen LogP contribution in [0.1, 0.15) is 24.0 Å². The fourth-order valence-electron chi connectivity index (χ4n) is 2.86. The van der Waals surface area contributed by atoms with Gasteiger partial charge < -0.3 is 10.1 Å². The van der Waals surface area contributed by atoms with Gasteiger partial charge in [0.05, 0.1) is 12.2 Å². The molecule has 0 unspecified atom stereocenters. The zero-order valence-electron chi connectivity index (χ0n) is 9.37. The lowest BCUT2D eigenvalue weighted by atomic mass is 9.80. The highest BCUT2D eigenvalue weighted by Gasteiger charge is 2.38. The van der Waals surface area contributed by atoms with Crippen LogP contribution in [-0.4, -0.2) is 19.7 Å². The molecule has 3 heteroatoms. The summed E-state index contributed by atoms with van der Waals surface area (Å²) in [5, 5.41) is 3.41. The van der Waals surface area contributed by atoms with Crippen LogP contribution >= 0.6 is 12.4 Å². The molecule has 0 aliphatic carbocycles. The van der Waals surface area contributed by atoms with E-state index in [0.29, 0.717) is 0 Å². The van der Waals surface area contributed by atoms with Crippen molar-refractivity contribution >= 4 is 12.4 Å². The van der Waals surface area contributed by atoms with Gasteiger partial charge in [0.2, 0.25) is 0 Å². The summed E-state index contributed by atoms with van der Waals surface area (Å²) >= 11 is 0. The maximum Gasteiger partial charge on any atom is 0.0958 e. The van der Waals surface area contributed by atoms with E-state index in [1.54, 1.807) is 0 Å². The smallest absolute Gasteiger partial charge is 0.0958 e. The van der Waals surface area contributed by atoms with Crippen LogP contribution in [0.15, 0.2) is 24.3 Å². The molecule has 2 aliphatic rings. The minimum absolute atomic E-state index is 0. The minimum atomic E-state index is 0. The molecule has 0 radical (unpaired) electrons. The average Bonchev–Trinajstić information content (AvgIpc) is 2.31. The van der Waals surface area contributed by atoms with Crippen molar-refractivity contribution < 1.29 is 4.74 Å². The van der Waals surface area contributed by atoms with Crippen LogP contribution in [0.2, 0.25) is 0 Å². The topological polar surface area (TPSA) is 21.3 Å². The number of fused-ring (bicyclic) bond motifs is 2. The minimum Gasteiger partial charge on any atom is -0.370 e. The molecule has 88 valence electrons. The molecule has 0 bridgehead atoms. The third-order valence-electron chi connectivity index (χ3n) is 3.67. The number of rotatable bonds is 0. The SMILES string of the molecule is Cl.c1ccc2c(c1)CCOC21CCNCC1. The second-order valence-electron chi connectivity index (χ2n) is 4.50. The van der Waals surface area contributed by atoms with Crippen LogP contribution in [0.5, 0.6) is 0 Å².